The number of furan rings is 1. The quantitative estimate of drug-likeness (QED) is 0.117. The van der Waals surface area contributed by atoms with Crippen molar-refractivity contribution in [3.05, 3.63) is 144 Å². The maximum Gasteiger partial charge on any atom is 0.272 e. The lowest BCUT2D eigenvalue weighted by molar-refractivity contribution is -0.121. The maximum atomic E-state index is 13.4. The van der Waals surface area contributed by atoms with Crippen molar-refractivity contribution in [1.29, 1.82) is 0 Å². The second-order valence-electron chi connectivity index (χ2n) is 10.3. The molecule has 1 aliphatic heterocycles. The molecule has 234 valence electrons. The fourth-order valence-electron chi connectivity index (χ4n) is 4.74. The molecule has 9 nitrogen and oxygen atoms in total. The van der Waals surface area contributed by atoms with Gasteiger partial charge in [0.2, 0.25) is 11.8 Å². The molecule has 2 heterocycles. The normalized spacial score (nSPS) is 14.6. The molecule has 5 aromatic rings. The molecule has 0 saturated carbocycles. The highest BCUT2D eigenvalue weighted by atomic mass is 35.5. The fraction of sp³-hybridized carbons (Fsp3) is 0.0556. The molecule has 1 fully saturated rings. The Balaban J connectivity index is 1.11. The van der Waals surface area contributed by atoms with E-state index in [9.17, 15) is 19.2 Å². The Labute approximate surface area is 279 Å². The number of hydrogen-bond acceptors (Lipinski definition) is 7. The zero-order chi connectivity index (χ0) is 32.8. The summed E-state index contributed by atoms with van der Waals surface area (Å²) >= 11 is 7.16. The van der Waals surface area contributed by atoms with E-state index in [1.807, 2.05) is 0 Å². The minimum Gasteiger partial charge on any atom is -0.465 e. The van der Waals surface area contributed by atoms with E-state index < -0.39 is 17.1 Å². The molecule has 11 heteroatoms. The van der Waals surface area contributed by atoms with Gasteiger partial charge in [-0.05, 0) is 91.0 Å². The number of thioether (sulfide) groups is 1. The van der Waals surface area contributed by atoms with Crippen LogP contribution in [0, 0.1) is 0 Å². The molecule has 1 aromatic heterocycles. The zero-order valence-corrected chi connectivity index (χ0v) is 26.2. The molecule has 1 aliphatic rings. The van der Waals surface area contributed by atoms with Crippen molar-refractivity contribution >= 4 is 64.4 Å². The number of nitrogens with one attached hydrogen (secondary N) is 2. The Morgan fingerprint density at radius 3 is 2.30 bits per heavy atom. The van der Waals surface area contributed by atoms with E-state index in [2.05, 4.69) is 10.6 Å². The first-order valence-electron chi connectivity index (χ1n) is 14.4. The van der Waals surface area contributed by atoms with Crippen molar-refractivity contribution in [3.8, 4) is 11.5 Å². The number of nitrogens with zero attached hydrogens (tertiary/aromatic N) is 1. The van der Waals surface area contributed by atoms with Crippen LogP contribution in [0.2, 0.25) is 5.02 Å². The first-order valence-corrected chi connectivity index (χ1v) is 15.7. The minimum absolute atomic E-state index is 0.0185. The molecular formula is C36H26ClN3O6S. The Morgan fingerprint density at radius 1 is 0.872 bits per heavy atom. The first kappa shape index (κ1) is 31.4. The van der Waals surface area contributed by atoms with Crippen molar-refractivity contribution in [2.45, 2.75) is 16.6 Å². The van der Waals surface area contributed by atoms with Crippen molar-refractivity contribution in [3.63, 3.8) is 0 Å². The van der Waals surface area contributed by atoms with Crippen LogP contribution in [0.25, 0.3) is 6.08 Å². The molecule has 0 aliphatic carbocycles. The summed E-state index contributed by atoms with van der Waals surface area (Å²) in [5, 5.41) is 5.40. The zero-order valence-electron chi connectivity index (χ0n) is 24.6. The molecule has 4 aromatic carbocycles. The number of carbonyl (C=O) groups excluding carboxylic acids is 4. The topological polar surface area (TPSA) is 118 Å². The summed E-state index contributed by atoms with van der Waals surface area (Å²) in [5.41, 5.74) is 1.24. The van der Waals surface area contributed by atoms with Gasteiger partial charge in [0.15, 0.2) is 0 Å². The van der Waals surface area contributed by atoms with Crippen LogP contribution in [0.15, 0.2) is 137 Å². The van der Waals surface area contributed by atoms with Crippen LogP contribution in [0.3, 0.4) is 0 Å². The second-order valence-corrected chi connectivity index (χ2v) is 12.0. The molecule has 1 saturated heterocycles. The van der Waals surface area contributed by atoms with Crippen molar-refractivity contribution in [2.24, 2.45) is 0 Å². The molecule has 2 N–H and O–H groups in total. The largest absolute Gasteiger partial charge is 0.465 e. The van der Waals surface area contributed by atoms with Gasteiger partial charge in [-0.1, -0.05) is 35.9 Å². The van der Waals surface area contributed by atoms with Crippen LogP contribution >= 0.6 is 23.4 Å². The number of hydrogen-bond donors (Lipinski definition) is 2. The van der Waals surface area contributed by atoms with E-state index in [1.165, 1.54) is 29.0 Å². The van der Waals surface area contributed by atoms with E-state index >= 15 is 0 Å². The van der Waals surface area contributed by atoms with Gasteiger partial charge in [0.25, 0.3) is 11.8 Å². The predicted octanol–water partition coefficient (Wildman–Crippen LogP) is 7.56. The van der Waals surface area contributed by atoms with Crippen LogP contribution in [-0.2, 0) is 14.4 Å². The molecule has 0 radical (unpaired) electrons. The Kier molecular flexibility index (Phi) is 9.51. The number of ether oxygens (including phenoxy) is 1. The summed E-state index contributed by atoms with van der Waals surface area (Å²) in [6.07, 6.45) is 2.91. The van der Waals surface area contributed by atoms with Gasteiger partial charge in [0.1, 0.15) is 23.0 Å². The van der Waals surface area contributed by atoms with E-state index in [4.69, 9.17) is 20.8 Å². The van der Waals surface area contributed by atoms with E-state index in [0.717, 1.165) is 0 Å². The average Bonchev–Trinajstić information content (AvgIpc) is 3.69. The first-order chi connectivity index (χ1) is 22.8. The molecule has 1 atom stereocenters. The summed E-state index contributed by atoms with van der Waals surface area (Å²) in [6, 6.07) is 32.4. The predicted molar refractivity (Wildman–Crippen MR) is 180 cm³/mol. The second kappa shape index (κ2) is 14.2. The van der Waals surface area contributed by atoms with Gasteiger partial charge >= 0.3 is 0 Å². The SMILES string of the molecule is O=C(Nc1cccc(S[C@H]2CC(=O)N(c3ccc(Oc4ccc(Cl)cc4)cc3)C2=O)c1)/C(=C/c1ccco1)NC(=O)c1ccccc1. The van der Waals surface area contributed by atoms with Crippen LogP contribution in [0.1, 0.15) is 22.5 Å². The van der Waals surface area contributed by atoms with Gasteiger partial charge in [-0.2, -0.15) is 0 Å². The number of carbonyl (C=O) groups is 4. The summed E-state index contributed by atoms with van der Waals surface area (Å²) < 4.78 is 11.2. The Hall–Kier alpha value is -5.58. The highest BCUT2D eigenvalue weighted by Gasteiger charge is 2.40. The summed E-state index contributed by atoms with van der Waals surface area (Å²) in [7, 11) is 0. The van der Waals surface area contributed by atoms with Crippen LogP contribution in [-0.4, -0.2) is 28.9 Å². The van der Waals surface area contributed by atoms with E-state index in [0.29, 0.717) is 44.1 Å². The van der Waals surface area contributed by atoms with Gasteiger partial charge in [0.05, 0.1) is 17.2 Å². The number of anilines is 2. The van der Waals surface area contributed by atoms with Gasteiger partial charge in [0, 0.05) is 33.7 Å². The molecule has 0 unspecified atom stereocenters. The number of rotatable bonds is 10. The van der Waals surface area contributed by atoms with E-state index in [1.54, 1.807) is 115 Å². The number of halogens is 1. The third-order valence-corrected chi connectivity index (χ3v) is 8.41. The monoisotopic (exact) mass is 663 g/mol. The van der Waals surface area contributed by atoms with Gasteiger partial charge < -0.3 is 19.8 Å². The van der Waals surface area contributed by atoms with Crippen LogP contribution in [0.4, 0.5) is 11.4 Å². The van der Waals surface area contributed by atoms with Crippen molar-refractivity contribution < 1.29 is 28.3 Å². The fourth-order valence-corrected chi connectivity index (χ4v) is 5.98. The minimum atomic E-state index is -0.655. The highest BCUT2D eigenvalue weighted by molar-refractivity contribution is 8.00. The lowest BCUT2D eigenvalue weighted by Gasteiger charge is -2.16. The number of amides is 4. The molecule has 0 bridgehead atoms. The highest BCUT2D eigenvalue weighted by Crippen LogP contribution is 2.36. The van der Waals surface area contributed by atoms with Gasteiger partial charge in [-0.15, -0.1) is 11.8 Å². The molecule has 4 amide bonds. The third kappa shape index (κ3) is 7.81. The summed E-state index contributed by atoms with van der Waals surface area (Å²) in [5.74, 6) is -0.159. The number of benzene rings is 4. The van der Waals surface area contributed by atoms with Crippen LogP contribution < -0.4 is 20.3 Å². The van der Waals surface area contributed by atoms with Crippen LogP contribution in [0.5, 0.6) is 11.5 Å². The maximum absolute atomic E-state index is 13.4. The Morgan fingerprint density at radius 2 is 1.60 bits per heavy atom. The summed E-state index contributed by atoms with van der Waals surface area (Å²) in [4.78, 5) is 54.3. The molecule has 0 spiro atoms. The average molecular weight is 664 g/mol. The Bertz CT molecular complexity index is 1950. The molecular weight excluding hydrogens is 638 g/mol. The summed E-state index contributed by atoms with van der Waals surface area (Å²) in [6.45, 7) is 0. The number of imide groups is 1. The van der Waals surface area contributed by atoms with Crippen molar-refractivity contribution in [1.82, 2.24) is 5.32 Å². The van der Waals surface area contributed by atoms with Gasteiger partial charge in [-0.25, -0.2) is 4.90 Å². The van der Waals surface area contributed by atoms with Gasteiger partial charge in [-0.3, -0.25) is 19.2 Å². The smallest absolute Gasteiger partial charge is 0.272 e. The molecule has 47 heavy (non-hydrogen) atoms. The lowest BCUT2D eigenvalue weighted by atomic mass is 10.2. The standard InChI is InChI=1S/C36H26ClN3O6S/c37-24-11-15-27(16-12-24)46-28-17-13-26(14-18-28)40-33(41)22-32(36(40)44)47-30-10-4-8-25(20-30)38-35(43)31(21-29-9-5-19-45-29)39-34(42)23-6-2-1-3-7-23/h1-21,32H,22H2,(H,38,43)(H,39,42)/b31-21-/t32-/m0/s1. The van der Waals surface area contributed by atoms with E-state index in [-0.39, 0.29) is 23.9 Å². The van der Waals surface area contributed by atoms with Crippen molar-refractivity contribution in [2.75, 3.05) is 10.2 Å². The molecule has 6 rings (SSSR count). The third-order valence-electron chi connectivity index (χ3n) is 6.98. The lowest BCUT2D eigenvalue weighted by Crippen LogP contribution is -2.31.